The average Bonchev–Trinajstić information content (AvgIpc) is 3.17. The van der Waals surface area contributed by atoms with E-state index in [4.69, 9.17) is 28.2 Å². The zero-order chi connectivity index (χ0) is 23.0. The molecule has 1 N–H and O–H groups in total. The lowest BCUT2D eigenvalue weighted by Crippen LogP contribution is -2.20. The quantitative estimate of drug-likeness (QED) is 0.180. The Morgan fingerprint density at radius 1 is 1.03 bits per heavy atom. The van der Waals surface area contributed by atoms with Gasteiger partial charge < -0.3 is 4.57 Å². The lowest BCUT2D eigenvalue weighted by molar-refractivity contribution is -0.118. The SMILES string of the molecule is O=C(CSc1nc2ccccc2n1Cc1ccccc1Cl)N/N=C\C(Cl)=C/c1ccccc1. The van der Waals surface area contributed by atoms with E-state index in [0.717, 1.165) is 27.3 Å². The summed E-state index contributed by atoms with van der Waals surface area (Å²) in [4.78, 5) is 17.0. The minimum Gasteiger partial charge on any atom is -0.314 e. The topological polar surface area (TPSA) is 59.3 Å². The van der Waals surface area contributed by atoms with Crippen molar-refractivity contribution in [2.45, 2.75) is 11.7 Å². The van der Waals surface area contributed by atoms with Crippen molar-refractivity contribution in [1.29, 1.82) is 0 Å². The highest BCUT2D eigenvalue weighted by Crippen LogP contribution is 2.27. The molecule has 0 aliphatic carbocycles. The summed E-state index contributed by atoms with van der Waals surface area (Å²) in [7, 11) is 0. The number of imidazole rings is 1. The minimum atomic E-state index is -0.253. The Balaban J connectivity index is 1.42. The maximum absolute atomic E-state index is 12.3. The van der Waals surface area contributed by atoms with E-state index in [9.17, 15) is 4.79 Å². The van der Waals surface area contributed by atoms with E-state index in [-0.39, 0.29) is 11.7 Å². The standard InChI is InChI=1S/C25H20Cl2N4OS/c26-20(14-18-8-2-1-3-9-18)15-28-30-24(32)17-33-25-29-22-12-6-7-13-23(22)31(25)16-19-10-4-5-11-21(19)27/h1-15H,16-17H2,(H,30,32)/b20-14+,28-15-. The molecule has 0 atom stereocenters. The molecule has 0 aliphatic rings. The maximum Gasteiger partial charge on any atom is 0.250 e. The predicted octanol–water partition coefficient (Wildman–Crippen LogP) is 6.21. The van der Waals surface area contributed by atoms with Gasteiger partial charge in [0.05, 0.1) is 34.6 Å². The third-order valence-corrected chi connectivity index (χ3v) is 6.27. The molecule has 8 heteroatoms. The monoisotopic (exact) mass is 494 g/mol. The summed E-state index contributed by atoms with van der Waals surface area (Å²) in [5.74, 6) is -0.0970. The van der Waals surface area contributed by atoms with Gasteiger partial charge in [0.25, 0.3) is 5.91 Å². The Hall–Kier alpha value is -3.06. The number of hydrazone groups is 1. The van der Waals surface area contributed by atoms with Gasteiger partial charge in [0.1, 0.15) is 0 Å². The van der Waals surface area contributed by atoms with Crippen LogP contribution in [0.3, 0.4) is 0 Å². The molecule has 4 rings (SSSR count). The van der Waals surface area contributed by atoms with Gasteiger partial charge in [-0.15, -0.1) is 0 Å². The molecule has 0 fully saturated rings. The maximum atomic E-state index is 12.3. The summed E-state index contributed by atoms with van der Waals surface area (Å²) in [6.07, 6.45) is 3.17. The van der Waals surface area contributed by atoms with Crippen LogP contribution in [0.5, 0.6) is 0 Å². The number of thioether (sulfide) groups is 1. The molecule has 1 amide bonds. The highest BCUT2D eigenvalue weighted by Gasteiger charge is 2.14. The van der Waals surface area contributed by atoms with Crippen molar-refractivity contribution in [3.8, 4) is 0 Å². The molecule has 0 saturated heterocycles. The summed E-state index contributed by atoms with van der Waals surface area (Å²) >= 11 is 13.9. The van der Waals surface area contributed by atoms with Crippen molar-refractivity contribution >= 4 is 64.2 Å². The number of nitrogens with zero attached hydrogens (tertiary/aromatic N) is 3. The van der Waals surface area contributed by atoms with Crippen LogP contribution in [0.1, 0.15) is 11.1 Å². The first kappa shape index (κ1) is 23.1. The number of benzene rings is 3. The Morgan fingerprint density at radius 2 is 1.76 bits per heavy atom. The molecule has 1 aromatic heterocycles. The van der Waals surface area contributed by atoms with Crippen LogP contribution >= 0.6 is 35.0 Å². The van der Waals surface area contributed by atoms with Crippen LogP contribution in [0.2, 0.25) is 5.02 Å². The fourth-order valence-corrected chi connectivity index (χ4v) is 4.36. The molecule has 0 unspecified atom stereocenters. The fraction of sp³-hybridized carbons (Fsp3) is 0.0800. The van der Waals surface area contributed by atoms with Gasteiger partial charge in [0.2, 0.25) is 0 Å². The summed E-state index contributed by atoms with van der Waals surface area (Å²) in [6.45, 7) is 0.558. The minimum absolute atomic E-state index is 0.156. The smallest absolute Gasteiger partial charge is 0.250 e. The van der Waals surface area contributed by atoms with Gasteiger partial charge in [-0.3, -0.25) is 4.79 Å². The zero-order valence-electron chi connectivity index (χ0n) is 17.5. The summed E-state index contributed by atoms with van der Waals surface area (Å²) in [5.41, 5.74) is 6.29. The van der Waals surface area contributed by atoms with Crippen molar-refractivity contribution in [2.75, 3.05) is 5.75 Å². The van der Waals surface area contributed by atoms with E-state index in [1.165, 1.54) is 18.0 Å². The molecule has 4 aromatic rings. The van der Waals surface area contributed by atoms with Crippen LogP contribution in [0.4, 0.5) is 0 Å². The number of amides is 1. The fourth-order valence-electron chi connectivity index (χ4n) is 3.19. The number of fused-ring (bicyclic) bond motifs is 1. The Morgan fingerprint density at radius 3 is 2.58 bits per heavy atom. The van der Waals surface area contributed by atoms with Crippen LogP contribution in [-0.2, 0) is 11.3 Å². The lowest BCUT2D eigenvalue weighted by Gasteiger charge is -2.10. The highest BCUT2D eigenvalue weighted by atomic mass is 35.5. The Bertz CT molecular complexity index is 1320. The third kappa shape index (κ3) is 6.26. The predicted molar refractivity (Wildman–Crippen MR) is 138 cm³/mol. The molecule has 0 radical (unpaired) electrons. The van der Waals surface area contributed by atoms with Gasteiger partial charge in [0.15, 0.2) is 5.16 Å². The molecule has 0 aliphatic heterocycles. The van der Waals surface area contributed by atoms with Gasteiger partial charge in [-0.05, 0) is 35.4 Å². The molecule has 33 heavy (non-hydrogen) atoms. The van der Waals surface area contributed by atoms with E-state index in [1.807, 2.05) is 78.9 Å². The van der Waals surface area contributed by atoms with Crippen molar-refractivity contribution in [3.63, 3.8) is 0 Å². The average molecular weight is 495 g/mol. The molecular formula is C25H20Cl2N4OS. The molecule has 0 spiro atoms. The van der Waals surface area contributed by atoms with E-state index >= 15 is 0 Å². The lowest BCUT2D eigenvalue weighted by atomic mass is 10.2. The van der Waals surface area contributed by atoms with Crippen molar-refractivity contribution in [2.24, 2.45) is 5.10 Å². The van der Waals surface area contributed by atoms with E-state index < -0.39 is 0 Å². The number of aromatic nitrogens is 2. The Labute approximate surface area is 206 Å². The van der Waals surface area contributed by atoms with Gasteiger partial charge in [-0.1, -0.05) is 95.6 Å². The number of hydrogen-bond acceptors (Lipinski definition) is 4. The molecule has 0 bridgehead atoms. The normalized spacial score (nSPS) is 11.9. The molecule has 166 valence electrons. The number of hydrogen-bond donors (Lipinski definition) is 1. The van der Waals surface area contributed by atoms with E-state index in [2.05, 4.69) is 15.1 Å². The first-order valence-corrected chi connectivity index (χ1v) is 11.9. The largest absolute Gasteiger partial charge is 0.314 e. The molecular weight excluding hydrogens is 475 g/mol. The van der Waals surface area contributed by atoms with Crippen LogP contribution in [0.15, 0.2) is 94.2 Å². The number of para-hydroxylation sites is 2. The van der Waals surface area contributed by atoms with E-state index in [1.54, 1.807) is 6.08 Å². The van der Waals surface area contributed by atoms with Gasteiger partial charge in [-0.2, -0.15) is 5.10 Å². The second-order valence-corrected chi connectivity index (χ2v) is 8.87. The second kappa shape index (κ2) is 11.2. The van der Waals surface area contributed by atoms with Crippen LogP contribution in [0, 0.1) is 0 Å². The van der Waals surface area contributed by atoms with Crippen molar-refractivity contribution < 1.29 is 4.79 Å². The first-order valence-electron chi connectivity index (χ1n) is 10.2. The number of halogens is 2. The number of allylic oxidation sites excluding steroid dienone is 1. The van der Waals surface area contributed by atoms with Gasteiger partial charge in [-0.25, -0.2) is 10.4 Å². The molecule has 5 nitrogen and oxygen atoms in total. The number of nitrogens with one attached hydrogen (secondary N) is 1. The van der Waals surface area contributed by atoms with E-state index in [0.29, 0.717) is 16.6 Å². The molecule has 3 aromatic carbocycles. The number of rotatable bonds is 8. The molecule has 1 heterocycles. The summed E-state index contributed by atoms with van der Waals surface area (Å²) in [6, 6.07) is 25.2. The highest BCUT2D eigenvalue weighted by molar-refractivity contribution is 7.99. The summed E-state index contributed by atoms with van der Waals surface area (Å²) in [5, 5.41) is 5.78. The number of carbonyl (C=O) groups excluding carboxylic acids is 1. The Kier molecular flexibility index (Phi) is 7.83. The van der Waals surface area contributed by atoms with Crippen molar-refractivity contribution in [3.05, 3.63) is 100 Å². The van der Waals surface area contributed by atoms with Gasteiger partial charge in [0, 0.05) is 5.02 Å². The first-order chi connectivity index (χ1) is 16.1. The van der Waals surface area contributed by atoms with Crippen molar-refractivity contribution in [1.82, 2.24) is 15.0 Å². The molecule has 0 saturated carbocycles. The third-order valence-electron chi connectivity index (χ3n) is 4.72. The van der Waals surface area contributed by atoms with Crippen LogP contribution in [0.25, 0.3) is 17.1 Å². The van der Waals surface area contributed by atoms with Crippen LogP contribution in [-0.4, -0.2) is 27.4 Å². The van der Waals surface area contributed by atoms with Crippen LogP contribution < -0.4 is 5.43 Å². The second-order valence-electron chi connectivity index (χ2n) is 7.08. The number of carbonyl (C=O) groups is 1. The van der Waals surface area contributed by atoms with Gasteiger partial charge >= 0.3 is 0 Å². The zero-order valence-corrected chi connectivity index (χ0v) is 19.8. The summed E-state index contributed by atoms with van der Waals surface area (Å²) < 4.78 is 2.07.